The minimum Gasteiger partial charge on any atom is -0.369 e. The highest BCUT2D eigenvalue weighted by molar-refractivity contribution is 5.77. The number of carbonyl (C=O) groups excluding carboxylic acids is 1. The molecule has 2 rings (SSSR count). The van der Waals surface area contributed by atoms with Gasteiger partial charge in [-0.25, -0.2) is 0 Å². The maximum Gasteiger partial charge on any atom is 0.221 e. The summed E-state index contributed by atoms with van der Waals surface area (Å²) in [6.07, 6.45) is 3.56. The van der Waals surface area contributed by atoms with Crippen molar-refractivity contribution in [3.05, 3.63) is 41.5 Å². The molecule has 1 amide bonds. The van der Waals surface area contributed by atoms with Gasteiger partial charge in [0.1, 0.15) is 0 Å². The van der Waals surface area contributed by atoms with E-state index in [0.717, 1.165) is 25.1 Å². The molecule has 1 heterocycles. The quantitative estimate of drug-likeness (QED) is 0.794. The smallest absolute Gasteiger partial charge is 0.221 e. The molecule has 1 aromatic rings. The Kier molecular flexibility index (Phi) is 3.37. The molecule has 16 heavy (non-hydrogen) atoms. The number of rotatable bonds is 3. The van der Waals surface area contributed by atoms with Crippen molar-refractivity contribution in [2.45, 2.75) is 12.8 Å². The van der Waals surface area contributed by atoms with Crippen LogP contribution < -0.4 is 11.1 Å². The zero-order valence-corrected chi connectivity index (χ0v) is 9.20. The molecule has 0 aliphatic carbocycles. The van der Waals surface area contributed by atoms with Crippen LogP contribution in [0.4, 0.5) is 0 Å². The number of primary amides is 1. The number of hydrogen-bond donors (Lipinski definition) is 2. The van der Waals surface area contributed by atoms with Crippen LogP contribution in [0.25, 0.3) is 5.57 Å². The van der Waals surface area contributed by atoms with Gasteiger partial charge in [-0.3, -0.25) is 4.79 Å². The largest absolute Gasteiger partial charge is 0.369 e. The van der Waals surface area contributed by atoms with E-state index in [9.17, 15) is 4.79 Å². The second-order valence-corrected chi connectivity index (χ2v) is 4.03. The zero-order valence-electron chi connectivity index (χ0n) is 9.20. The van der Waals surface area contributed by atoms with Crippen LogP contribution in [0, 0.1) is 0 Å². The van der Waals surface area contributed by atoms with E-state index in [0.29, 0.717) is 6.42 Å². The Morgan fingerprint density at radius 2 is 2.31 bits per heavy atom. The first kappa shape index (κ1) is 10.9. The lowest BCUT2D eigenvalue weighted by Crippen LogP contribution is -2.20. The van der Waals surface area contributed by atoms with E-state index >= 15 is 0 Å². The Balaban J connectivity index is 2.21. The van der Waals surface area contributed by atoms with Crippen molar-refractivity contribution in [2.24, 2.45) is 5.73 Å². The molecule has 0 saturated heterocycles. The molecule has 3 heteroatoms. The predicted octanol–water partition coefficient (Wildman–Crippen LogP) is 1.09. The number of carbonyl (C=O) groups is 1. The van der Waals surface area contributed by atoms with Crippen LogP contribution in [0.2, 0.25) is 0 Å². The topological polar surface area (TPSA) is 55.1 Å². The van der Waals surface area contributed by atoms with E-state index in [2.05, 4.69) is 23.5 Å². The molecule has 1 aliphatic heterocycles. The number of nitrogens with one attached hydrogen (secondary N) is 1. The van der Waals surface area contributed by atoms with Crippen molar-refractivity contribution in [3.63, 3.8) is 0 Å². The maximum atomic E-state index is 10.9. The molecule has 0 unspecified atom stereocenters. The molecular formula is C13H16N2O. The van der Waals surface area contributed by atoms with Gasteiger partial charge in [0.05, 0.1) is 6.42 Å². The highest BCUT2D eigenvalue weighted by Gasteiger charge is 2.06. The van der Waals surface area contributed by atoms with Gasteiger partial charge in [0.2, 0.25) is 5.91 Å². The van der Waals surface area contributed by atoms with Gasteiger partial charge in [-0.05, 0) is 29.7 Å². The molecule has 3 N–H and O–H groups in total. The van der Waals surface area contributed by atoms with E-state index < -0.39 is 0 Å². The van der Waals surface area contributed by atoms with Crippen LogP contribution in [0.3, 0.4) is 0 Å². The summed E-state index contributed by atoms with van der Waals surface area (Å²) in [5.41, 5.74) is 8.74. The van der Waals surface area contributed by atoms with Gasteiger partial charge in [0, 0.05) is 6.54 Å². The minimum absolute atomic E-state index is 0.281. The van der Waals surface area contributed by atoms with E-state index in [1.807, 2.05) is 12.1 Å². The van der Waals surface area contributed by atoms with E-state index in [1.165, 1.54) is 11.1 Å². The molecule has 0 radical (unpaired) electrons. The molecule has 84 valence electrons. The van der Waals surface area contributed by atoms with E-state index in [-0.39, 0.29) is 5.91 Å². The highest BCUT2D eigenvalue weighted by Crippen LogP contribution is 2.20. The Morgan fingerprint density at radius 1 is 1.44 bits per heavy atom. The first-order chi connectivity index (χ1) is 7.75. The van der Waals surface area contributed by atoms with Crippen molar-refractivity contribution in [1.29, 1.82) is 0 Å². The van der Waals surface area contributed by atoms with Crippen LogP contribution in [0.1, 0.15) is 17.5 Å². The average molecular weight is 216 g/mol. The molecule has 0 spiro atoms. The molecule has 0 bridgehead atoms. The van der Waals surface area contributed by atoms with Crippen molar-refractivity contribution in [1.82, 2.24) is 5.32 Å². The lowest BCUT2D eigenvalue weighted by Gasteiger charge is -2.14. The highest BCUT2D eigenvalue weighted by atomic mass is 16.1. The predicted molar refractivity (Wildman–Crippen MR) is 64.8 cm³/mol. The minimum atomic E-state index is -0.281. The standard InChI is InChI=1S/C13H16N2O/c14-13(16)9-10-2-1-3-12(8-10)11-4-6-15-7-5-11/h1-4,8,15H,5-7,9H2,(H2,14,16). The Labute approximate surface area is 95.3 Å². The molecule has 0 fully saturated rings. The fourth-order valence-electron chi connectivity index (χ4n) is 1.97. The summed E-state index contributed by atoms with van der Waals surface area (Å²) in [5, 5.41) is 3.28. The van der Waals surface area contributed by atoms with Gasteiger partial charge in [-0.15, -0.1) is 0 Å². The van der Waals surface area contributed by atoms with Crippen LogP contribution >= 0.6 is 0 Å². The van der Waals surface area contributed by atoms with E-state index in [4.69, 9.17) is 5.73 Å². The Bertz CT molecular complexity index is 424. The molecule has 0 saturated carbocycles. The molecule has 0 atom stereocenters. The lowest BCUT2D eigenvalue weighted by molar-refractivity contribution is -0.117. The Morgan fingerprint density at radius 3 is 3.00 bits per heavy atom. The van der Waals surface area contributed by atoms with Gasteiger partial charge in [-0.2, -0.15) is 0 Å². The normalized spacial score (nSPS) is 15.6. The summed E-state index contributed by atoms with van der Waals surface area (Å²) in [4.78, 5) is 10.9. The third-order valence-electron chi connectivity index (χ3n) is 2.74. The molecular weight excluding hydrogens is 200 g/mol. The van der Waals surface area contributed by atoms with Crippen molar-refractivity contribution >= 4 is 11.5 Å². The summed E-state index contributed by atoms with van der Waals surface area (Å²) < 4.78 is 0. The maximum absolute atomic E-state index is 10.9. The first-order valence-corrected chi connectivity index (χ1v) is 5.53. The SMILES string of the molecule is NC(=O)Cc1cccc(C2=CCNCC2)c1. The first-order valence-electron chi connectivity index (χ1n) is 5.53. The third kappa shape index (κ3) is 2.70. The van der Waals surface area contributed by atoms with Crippen LogP contribution in [-0.4, -0.2) is 19.0 Å². The molecule has 1 aliphatic rings. The third-order valence-corrected chi connectivity index (χ3v) is 2.74. The summed E-state index contributed by atoms with van der Waals surface area (Å²) in [5.74, 6) is -0.281. The fraction of sp³-hybridized carbons (Fsp3) is 0.308. The van der Waals surface area contributed by atoms with Gasteiger partial charge >= 0.3 is 0 Å². The number of benzene rings is 1. The molecule has 0 aromatic heterocycles. The van der Waals surface area contributed by atoms with Gasteiger partial charge < -0.3 is 11.1 Å². The van der Waals surface area contributed by atoms with Crippen LogP contribution in [0.15, 0.2) is 30.3 Å². The van der Waals surface area contributed by atoms with Gasteiger partial charge in [0.15, 0.2) is 0 Å². The zero-order chi connectivity index (χ0) is 11.4. The summed E-state index contributed by atoms with van der Waals surface area (Å²) in [6.45, 7) is 1.95. The number of hydrogen-bond acceptors (Lipinski definition) is 2. The second-order valence-electron chi connectivity index (χ2n) is 4.03. The summed E-state index contributed by atoms with van der Waals surface area (Å²) >= 11 is 0. The van der Waals surface area contributed by atoms with Crippen molar-refractivity contribution in [3.8, 4) is 0 Å². The molecule has 1 aromatic carbocycles. The molecule has 3 nitrogen and oxygen atoms in total. The van der Waals surface area contributed by atoms with Gasteiger partial charge in [0.25, 0.3) is 0 Å². The second kappa shape index (κ2) is 4.94. The monoisotopic (exact) mass is 216 g/mol. The lowest BCUT2D eigenvalue weighted by atomic mass is 9.97. The van der Waals surface area contributed by atoms with Crippen molar-refractivity contribution < 1.29 is 4.79 Å². The van der Waals surface area contributed by atoms with Crippen LogP contribution in [0.5, 0.6) is 0 Å². The van der Waals surface area contributed by atoms with Crippen LogP contribution in [-0.2, 0) is 11.2 Å². The van der Waals surface area contributed by atoms with E-state index in [1.54, 1.807) is 0 Å². The number of nitrogens with two attached hydrogens (primary N) is 1. The average Bonchev–Trinajstić information content (AvgIpc) is 2.30. The fourth-order valence-corrected chi connectivity index (χ4v) is 1.97. The Hall–Kier alpha value is -1.61. The number of amides is 1. The van der Waals surface area contributed by atoms with Gasteiger partial charge in [-0.1, -0.05) is 30.3 Å². The van der Waals surface area contributed by atoms with Crippen molar-refractivity contribution in [2.75, 3.05) is 13.1 Å². The summed E-state index contributed by atoms with van der Waals surface area (Å²) in [6, 6.07) is 8.07. The summed E-state index contributed by atoms with van der Waals surface area (Å²) in [7, 11) is 0.